The molecule has 3 aliphatic heterocycles. The minimum atomic E-state index is -3.48. The molecule has 1 amide bonds. The lowest BCUT2D eigenvalue weighted by Crippen LogP contribution is -2.58. The minimum Gasteiger partial charge on any atom is -0.485 e. The number of nitrogens with zero attached hydrogens (tertiary/aromatic N) is 4. The van der Waals surface area contributed by atoms with Crippen molar-refractivity contribution in [2.75, 3.05) is 66.0 Å². The molecule has 0 bridgehead atoms. The second kappa shape index (κ2) is 7.86. The number of fused-ring (bicyclic) bond motifs is 1. The molecule has 0 saturated carbocycles. The van der Waals surface area contributed by atoms with E-state index in [1.807, 2.05) is 19.2 Å². The number of para-hydroxylation sites is 2. The number of carbonyl (C=O) groups is 1. The van der Waals surface area contributed by atoms with Gasteiger partial charge in [-0.1, -0.05) is 12.1 Å². The fraction of sp³-hybridized carbons (Fsp3) is 0.611. The number of likely N-dealkylation sites (N-methyl/N-ethyl adjacent to an activating group) is 1. The zero-order chi connectivity index (χ0) is 19.7. The van der Waals surface area contributed by atoms with Crippen molar-refractivity contribution in [2.45, 2.75) is 6.10 Å². The molecule has 154 valence electrons. The number of carbonyl (C=O) groups excluding carboxylic acids is 1. The Bertz CT molecular complexity index is 817. The summed E-state index contributed by atoms with van der Waals surface area (Å²) in [5, 5.41) is 0. The lowest BCUT2D eigenvalue weighted by atomic mass is 10.2. The number of amides is 1. The van der Waals surface area contributed by atoms with E-state index < -0.39 is 16.3 Å². The lowest BCUT2D eigenvalue weighted by molar-refractivity contribution is -0.142. The second-order valence-electron chi connectivity index (χ2n) is 7.30. The summed E-state index contributed by atoms with van der Waals surface area (Å²) in [4.78, 5) is 16.6. The van der Waals surface area contributed by atoms with E-state index in [0.29, 0.717) is 50.8 Å². The summed E-state index contributed by atoms with van der Waals surface area (Å²) in [6.07, 6.45) is -0.698. The molecule has 3 heterocycles. The summed E-state index contributed by atoms with van der Waals surface area (Å²) in [7, 11) is -1.49. The van der Waals surface area contributed by atoms with E-state index in [-0.39, 0.29) is 12.5 Å². The lowest BCUT2D eigenvalue weighted by Gasteiger charge is -2.40. The first-order chi connectivity index (χ1) is 13.4. The zero-order valence-electron chi connectivity index (χ0n) is 16.0. The summed E-state index contributed by atoms with van der Waals surface area (Å²) < 4.78 is 40.1. The van der Waals surface area contributed by atoms with Crippen LogP contribution in [0.4, 0.5) is 0 Å². The molecule has 2 saturated heterocycles. The van der Waals surface area contributed by atoms with Gasteiger partial charge >= 0.3 is 0 Å². The van der Waals surface area contributed by atoms with Gasteiger partial charge in [-0.05, 0) is 19.2 Å². The van der Waals surface area contributed by atoms with Gasteiger partial charge < -0.3 is 19.3 Å². The van der Waals surface area contributed by atoms with Crippen LogP contribution >= 0.6 is 0 Å². The van der Waals surface area contributed by atoms with Gasteiger partial charge in [-0.3, -0.25) is 4.79 Å². The Labute approximate surface area is 165 Å². The van der Waals surface area contributed by atoms with Gasteiger partial charge in [0.1, 0.15) is 6.61 Å². The first kappa shape index (κ1) is 19.4. The number of piperazine rings is 2. The Kier molecular flexibility index (Phi) is 5.46. The smallest absolute Gasteiger partial charge is 0.282 e. The first-order valence-corrected chi connectivity index (χ1v) is 11.0. The third-order valence-electron chi connectivity index (χ3n) is 5.45. The molecule has 9 nitrogen and oxygen atoms in total. The van der Waals surface area contributed by atoms with E-state index in [2.05, 4.69) is 4.90 Å². The van der Waals surface area contributed by atoms with Gasteiger partial charge in [0.05, 0.1) is 0 Å². The monoisotopic (exact) mass is 410 g/mol. The highest BCUT2D eigenvalue weighted by atomic mass is 32.2. The van der Waals surface area contributed by atoms with E-state index in [9.17, 15) is 13.2 Å². The van der Waals surface area contributed by atoms with Crippen LogP contribution in [0.3, 0.4) is 0 Å². The Morgan fingerprint density at radius 2 is 1.50 bits per heavy atom. The fourth-order valence-corrected chi connectivity index (χ4v) is 5.24. The number of hydrogen-bond donors (Lipinski definition) is 0. The molecular formula is C18H26N4O5S. The topological polar surface area (TPSA) is 82.6 Å². The number of ether oxygens (including phenoxy) is 2. The maximum absolute atomic E-state index is 12.8. The molecule has 2 fully saturated rings. The molecule has 0 aromatic heterocycles. The Morgan fingerprint density at radius 1 is 0.929 bits per heavy atom. The third-order valence-corrected chi connectivity index (χ3v) is 7.48. The molecule has 10 heteroatoms. The Hall–Kier alpha value is -1.88. The number of benzene rings is 1. The van der Waals surface area contributed by atoms with Crippen molar-refractivity contribution in [1.82, 2.24) is 18.4 Å². The van der Waals surface area contributed by atoms with E-state index in [1.165, 1.54) is 4.31 Å². The Morgan fingerprint density at radius 3 is 2.14 bits per heavy atom. The molecular weight excluding hydrogens is 384 g/mol. The molecule has 0 N–H and O–H groups in total. The molecule has 1 atom stereocenters. The average molecular weight is 410 g/mol. The minimum absolute atomic E-state index is 0.161. The van der Waals surface area contributed by atoms with Crippen LogP contribution in [-0.2, 0) is 15.0 Å². The van der Waals surface area contributed by atoms with Crippen LogP contribution in [0.25, 0.3) is 0 Å². The van der Waals surface area contributed by atoms with Crippen molar-refractivity contribution in [2.24, 2.45) is 0 Å². The van der Waals surface area contributed by atoms with E-state index in [0.717, 1.165) is 13.1 Å². The normalized spacial score (nSPS) is 24.9. The highest BCUT2D eigenvalue weighted by Gasteiger charge is 2.37. The van der Waals surface area contributed by atoms with Crippen molar-refractivity contribution < 1.29 is 22.7 Å². The second-order valence-corrected chi connectivity index (χ2v) is 9.23. The quantitative estimate of drug-likeness (QED) is 0.666. The summed E-state index contributed by atoms with van der Waals surface area (Å²) in [6.45, 7) is 3.94. The fourth-order valence-electron chi connectivity index (χ4n) is 3.67. The average Bonchev–Trinajstić information content (AvgIpc) is 2.73. The predicted molar refractivity (Wildman–Crippen MR) is 102 cm³/mol. The van der Waals surface area contributed by atoms with E-state index >= 15 is 0 Å². The van der Waals surface area contributed by atoms with E-state index in [1.54, 1.807) is 21.3 Å². The van der Waals surface area contributed by atoms with Crippen LogP contribution in [0.15, 0.2) is 24.3 Å². The van der Waals surface area contributed by atoms with Gasteiger partial charge in [-0.25, -0.2) is 0 Å². The van der Waals surface area contributed by atoms with Crippen molar-refractivity contribution in [3.63, 3.8) is 0 Å². The maximum atomic E-state index is 12.8. The summed E-state index contributed by atoms with van der Waals surface area (Å²) in [6, 6.07) is 7.26. The highest BCUT2D eigenvalue weighted by molar-refractivity contribution is 7.86. The molecule has 1 aromatic rings. The van der Waals surface area contributed by atoms with Crippen LogP contribution < -0.4 is 9.47 Å². The maximum Gasteiger partial charge on any atom is 0.282 e. The van der Waals surface area contributed by atoms with Gasteiger partial charge in [-0.2, -0.15) is 17.0 Å². The molecule has 0 aliphatic carbocycles. The first-order valence-electron chi connectivity index (χ1n) is 9.56. The Balaban J connectivity index is 1.33. The van der Waals surface area contributed by atoms with Gasteiger partial charge in [0.2, 0.25) is 6.10 Å². The van der Waals surface area contributed by atoms with Crippen LogP contribution in [0.1, 0.15) is 0 Å². The standard InChI is InChI=1S/C18H26N4O5S/c1-19-6-10-21(11-7-19)28(24,25)22-12-8-20(9-13-22)18(23)17-14-26-15-4-2-3-5-16(15)27-17/h2-5,17H,6-14H2,1H3. The van der Waals surface area contributed by atoms with E-state index in [4.69, 9.17) is 9.47 Å². The molecule has 0 radical (unpaired) electrons. The molecule has 3 aliphatic rings. The van der Waals surface area contributed by atoms with Gasteiger partial charge in [0, 0.05) is 52.4 Å². The number of hydrogen-bond acceptors (Lipinski definition) is 6. The van der Waals surface area contributed by atoms with Crippen molar-refractivity contribution >= 4 is 16.1 Å². The predicted octanol–water partition coefficient (Wildman–Crippen LogP) is -0.537. The molecule has 1 aromatic carbocycles. The van der Waals surface area contributed by atoms with Gasteiger partial charge in [-0.15, -0.1) is 0 Å². The van der Waals surface area contributed by atoms with Crippen molar-refractivity contribution in [3.8, 4) is 11.5 Å². The summed E-state index contributed by atoms with van der Waals surface area (Å²) >= 11 is 0. The third kappa shape index (κ3) is 3.82. The molecule has 4 rings (SSSR count). The van der Waals surface area contributed by atoms with Crippen LogP contribution in [0.5, 0.6) is 11.5 Å². The van der Waals surface area contributed by atoms with Crippen LogP contribution in [0, 0.1) is 0 Å². The summed E-state index contributed by atoms with van der Waals surface area (Å²) in [5.74, 6) is 1.03. The van der Waals surface area contributed by atoms with Crippen molar-refractivity contribution in [1.29, 1.82) is 0 Å². The molecule has 1 unspecified atom stereocenters. The van der Waals surface area contributed by atoms with Crippen molar-refractivity contribution in [3.05, 3.63) is 24.3 Å². The largest absolute Gasteiger partial charge is 0.485 e. The molecule has 28 heavy (non-hydrogen) atoms. The molecule has 0 spiro atoms. The highest BCUT2D eigenvalue weighted by Crippen LogP contribution is 2.31. The summed E-state index contributed by atoms with van der Waals surface area (Å²) in [5.41, 5.74) is 0. The van der Waals surface area contributed by atoms with Crippen LogP contribution in [0.2, 0.25) is 0 Å². The SMILES string of the molecule is CN1CCN(S(=O)(=O)N2CCN(C(=O)C3COc4ccccc4O3)CC2)CC1. The van der Waals surface area contributed by atoms with Gasteiger partial charge in [0.15, 0.2) is 11.5 Å². The van der Waals surface area contributed by atoms with Crippen LogP contribution in [-0.4, -0.2) is 105 Å². The zero-order valence-corrected chi connectivity index (χ0v) is 16.8. The number of rotatable bonds is 3. The van der Waals surface area contributed by atoms with Gasteiger partial charge in [0.25, 0.3) is 16.1 Å².